The van der Waals surface area contributed by atoms with Crippen LogP contribution in [0.1, 0.15) is 25.0 Å². The zero-order valence-corrected chi connectivity index (χ0v) is 11.4. The summed E-state index contributed by atoms with van der Waals surface area (Å²) in [6.45, 7) is 6.02. The van der Waals surface area contributed by atoms with E-state index in [0.717, 1.165) is 5.56 Å². The normalized spacial score (nSPS) is 6.83. The molecule has 0 unspecified atom stereocenters. The molecule has 0 heterocycles. The topological polar surface area (TPSA) is 0 Å². The molecule has 0 atom stereocenters. The summed E-state index contributed by atoms with van der Waals surface area (Å²) < 4.78 is 0. The Labute approximate surface area is 118 Å². The van der Waals surface area contributed by atoms with Crippen LogP contribution in [0.5, 0.6) is 0 Å². The second-order valence-corrected chi connectivity index (χ2v) is 1.99. The molecule has 1 rings (SSSR count). The quantitative estimate of drug-likeness (QED) is 0.302. The molecule has 0 aromatic heterocycles. The summed E-state index contributed by atoms with van der Waals surface area (Å²) in [5.41, 5.74) is 2.05. The molecule has 0 spiro atoms. The van der Waals surface area contributed by atoms with Gasteiger partial charge in [0.25, 0.3) is 0 Å². The maximum absolute atomic E-state index is 6.76. The van der Waals surface area contributed by atoms with Crippen molar-refractivity contribution in [2.45, 2.75) is 20.8 Å². The minimum atomic E-state index is 0. The number of rotatable bonds is 0. The molecule has 0 radical (unpaired) electrons. The maximum Gasteiger partial charge on any atom is 1.00 e. The van der Waals surface area contributed by atoms with E-state index in [1.807, 2.05) is 45.0 Å². The van der Waals surface area contributed by atoms with Crippen LogP contribution < -0.4 is 51.4 Å². The predicted octanol–water partition coefficient (Wildman–Crippen LogP) is -0.0369. The zero-order valence-electron chi connectivity index (χ0n) is 8.31. The summed E-state index contributed by atoms with van der Waals surface area (Å²) in [7, 11) is 0. The van der Waals surface area contributed by atoms with Crippen molar-refractivity contribution >= 4 is 0 Å². The van der Waals surface area contributed by atoms with Crippen molar-refractivity contribution < 1.29 is 51.4 Å². The second-order valence-electron chi connectivity index (χ2n) is 1.99. The van der Waals surface area contributed by atoms with E-state index in [2.05, 4.69) is 5.92 Å². The minimum Gasteiger partial charge on any atom is -0.366 e. The largest absolute Gasteiger partial charge is 1.00 e. The van der Waals surface area contributed by atoms with Gasteiger partial charge in [-0.1, -0.05) is 31.5 Å². The Morgan fingerprint density at radius 1 is 1.08 bits per heavy atom. The average molecular weight is 184 g/mol. The van der Waals surface area contributed by atoms with Crippen molar-refractivity contribution in [1.29, 1.82) is 0 Å². The van der Waals surface area contributed by atoms with E-state index in [0.29, 0.717) is 0 Å². The maximum atomic E-state index is 6.76. The van der Waals surface area contributed by atoms with Crippen molar-refractivity contribution in [1.82, 2.24) is 0 Å². The van der Waals surface area contributed by atoms with Crippen LogP contribution in [0.3, 0.4) is 0 Å². The third-order valence-electron chi connectivity index (χ3n) is 1.20. The van der Waals surface area contributed by atoms with Gasteiger partial charge in [-0.05, 0) is 6.92 Å². The first-order valence-corrected chi connectivity index (χ1v) is 3.82. The Morgan fingerprint density at radius 2 is 1.50 bits per heavy atom. The molecule has 0 fully saturated rings. The van der Waals surface area contributed by atoms with Gasteiger partial charge >= 0.3 is 51.4 Å². The SMILES string of the molecule is CC.[C-]#Cc1ccc(C)cc1.[K+]. The Kier molecular flexibility index (Phi) is 11.8. The average Bonchev–Trinajstić information content (AvgIpc) is 2.10. The molecule has 0 aliphatic heterocycles. The zero-order chi connectivity index (χ0) is 8.69. The van der Waals surface area contributed by atoms with Gasteiger partial charge in [0.2, 0.25) is 0 Å². The summed E-state index contributed by atoms with van der Waals surface area (Å²) in [5.74, 6) is 2.30. The predicted molar refractivity (Wildman–Crippen MR) is 48.8 cm³/mol. The van der Waals surface area contributed by atoms with Crippen LogP contribution in [0.15, 0.2) is 24.3 Å². The fourth-order valence-corrected chi connectivity index (χ4v) is 0.637. The van der Waals surface area contributed by atoms with Gasteiger partial charge in [-0.25, -0.2) is 0 Å². The molecule has 58 valence electrons. The molecule has 12 heavy (non-hydrogen) atoms. The first-order valence-electron chi connectivity index (χ1n) is 3.82. The summed E-state index contributed by atoms with van der Waals surface area (Å²) in [4.78, 5) is 0. The molecule has 0 aliphatic carbocycles. The van der Waals surface area contributed by atoms with Gasteiger partial charge in [0.1, 0.15) is 0 Å². The van der Waals surface area contributed by atoms with Gasteiger partial charge in [-0.2, -0.15) is 0 Å². The molecular formula is C11H13K. The molecular weight excluding hydrogens is 171 g/mol. The van der Waals surface area contributed by atoms with E-state index in [1.54, 1.807) is 0 Å². The molecule has 0 bridgehead atoms. The van der Waals surface area contributed by atoms with Gasteiger partial charge < -0.3 is 6.42 Å². The molecule has 0 saturated heterocycles. The van der Waals surface area contributed by atoms with Gasteiger partial charge in [-0.3, -0.25) is 5.92 Å². The molecule has 1 heteroatoms. The molecule has 0 N–H and O–H groups in total. The Hall–Kier alpha value is 0.416. The minimum absolute atomic E-state index is 0. The molecule has 0 amide bonds. The second kappa shape index (κ2) is 9.50. The fraction of sp³-hybridized carbons (Fsp3) is 0.273. The molecule has 0 aliphatic rings. The van der Waals surface area contributed by atoms with Crippen LogP contribution in [0.4, 0.5) is 0 Å². The first-order chi connectivity index (χ1) is 5.33. The third kappa shape index (κ3) is 5.99. The van der Waals surface area contributed by atoms with E-state index in [-0.39, 0.29) is 51.4 Å². The van der Waals surface area contributed by atoms with Crippen molar-refractivity contribution in [3.05, 3.63) is 41.8 Å². The summed E-state index contributed by atoms with van der Waals surface area (Å²) in [6, 6.07) is 7.69. The Bertz CT molecular complexity index is 228. The summed E-state index contributed by atoms with van der Waals surface area (Å²) in [6.07, 6.45) is 6.76. The monoisotopic (exact) mass is 184 g/mol. The standard InChI is InChI=1S/C9H7.C2H6.K/c1-3-9-6-4-8(2)5-7-9;1-2;/h4-7H,2H3;1-2H3;/q-1;;+1. The van der Waals surface area contributed by atoms with E-state index in [4.69, 9.17) is 6.42 Å². The van der Waals surface area contributed by atoms with E-state index < -0.39 is 0 Å². The Balaban J connectivity index is 0. The molecule has 1 aromatic carbocycles. The van der Waals surface area contributed by atoms with E-state index in [1.165, 1.54) is 5.56 Å². The van der Waals surface area contributed by atoms with Crippen molar-refractivity contribution in [3.63, 3.8) is 0 Å². The number of benzene rings is 1. The van der Waals surface area contributed by atoms with Gasteiger partial charge in [-0.15, -0.1) is 17.7 Å². The van der Waals surface area contributed by atoms with Crippen LogP contribution in [0.2, 0.25) is 0 Å². The van der Waals surface area contributed by atoms with Crippen LogP contribution in [-0.4, -0.2) is 0 Å². The number of aryl methyl sites for hydroxylation is 1. The van der Waals surface area contributed by atoms with Crippen molar-refractivity contribution in [2.75, 3.05) is 0 Å². The van der Waals surface area contributed by atoms with Crippen molar-refractivity contribution in [3.8, 4) is 5.92 Å². The fourth-order valence-electron chi connectivity index (χ4n) is 0.637. The summed E-state index contributed by atoms with van der Waals surface area (Å²) in [5, 5.41) is 0. The van der Waals surface area contributed by atoms with Crippen LogP contribution in [-0.2, 0) is 0 Å². The number of hydrogen-bond donors (Lipinski definition) is 0. The van der Waals surface area contributed by atoms with Crippen LogP contribution >= 0.6 is 0 Å². The van der Waals surface area contributed by atoms with Crippen LogP contribution in [0.25, 0.3) is 0 Å². The Morgan fingerprint density at radius 3 is 1.83 bits per heavy atom. The van der Waals surface area contributed by atoms with Crippen molar-refractivity contribution in [2.24, 2.45) is 0 Å². The molecule has 1 aromatic rings. The van der Waals surface area contributed by atoms with Gasteiger partial charge in [0.15, 0.2) is 0 Å². The van der Waals surface area contributed by atoms with Gasteiger partial charge in [0, 0.05) is 0 Å². The smallest absolute Gasteiger partial charge is 0.366 e. The summed E-state index contributed by atoms with van der Waals surface area (Å²) >= 11 is 0. The van der Waals surface area contributed by atoms with Gasteiger partial charge in [0.05, 0.1) is 0 Å². The number of hydrogen-bond acceptors (Lipinski definition) is 0. The molecule has 0 nitrogen and oxygen atoms in total. The van der Waals surface area contributed by atoms with E-state index >= 15 is 0 Å². The van der Waals surface area contributed by atoms with Crippen LogP contribution in [0, 0.1) is 19.3 Å². The third-order valence-corrected chi connectivity index (χ3v) is 1.20. The van der Waals surface area contributed by atoms with E-state index in [9.17, 15) is 0 Å². The molecule has 0 saturated carbocycles. The first kappa shape index (κ1) is 14.9.